The molecule has 0 aliphatic carbocycles. The molecule has 0 aliphatic rings. The van der Waals surface area contributed by atoms with Gasteiger partial charge in [-0.1, -0.05) is 18.2 Å². The van der Waals surface area contributed by atoms with Crippen molar-refractivity contribution in [3.8, 4) is 10.6 Å². The summed E-state index contributed by atoms with van der Waals surface area (Å²) in [7, 11) is 1.87. The van der Waals surface area contributed by atoms with Gasteiger partial charge in [0, 0.05) is 7.05 Å². The minimum absolute atomic E-state index is 0.289. The number of nitrogens with one attached hydrogen (secondary N) is 2. The van der Waals surface area contributed by atoms with Crippen LogP contribution >= 0.6 is 11.3 Å². The minimum Gasteiger partial charge on any atom is -0.313 e. The second-order valence-electron chi connectivity index (χ2n) is 5.08. The first-order valence-electron chi connectivity index (χ1n) is 7.04. The van der Waals surface area contributed by atoms with E-state index in [0.29, 0.717) is 11.6 Å². The number of aromatic amines is 1. The van der Waals surface area contributed by atoms with Crippen LogP contribution in [-0.2, 0) is 7.05 Å². The Hall–Kier alpha value is -2.93. The van der Waals surface area contributed by atoms with Gasteiger partial charge in [-0.05, 0) is 29.6 Å². The lowest BCUT2D eigenvalue weighted by atomic mass is 10.3. The van der Waals surface area contributed by atoms with E-state index in [1.807, 2.05) is 53.4 Å². The Morgan fingerprint density at radius 1 is 1.26 bits per heavy atom. The van der Waals surface area contributed by atoms with Crippen molar-refractivity contribution in [3.63, 3.8) is 0 Å². The molecule has 3 aromatic heterocycles. The van der Waals surface area contributed by atoms with Gasteiger partial charge >= 0.3 is 0 Å². The molecule has 0 spiro atoms. The lowest BCUT2D eigenvalue weighted by Crippen LogP contribution is -2.15. The molecule has 6 nitrogen and oxygen atoms in total. The van der Waals surface area contributed by atoms with Crippen LogP contribution in [0.4, 0.5) is 5.95 Å². The van der Waals surface area contributed by atoms with E-state index >= 15 is 0 Å². The van der Waals surface area contributed by atoms with Crippen molar-refractivity contribution >= 4 is 34.2 Å². The number of H-pyrrole nitrogens is 1. The van der Waals surface area contributed by atoms with Crippen molar-refractivity contribution in [2.24, 2.45) is 7.05 Å². The van der Waals surface area contributed by atoms with Crippen LogP contribution in [0.3, 0.4) is 0 Å². The number of para-hydroxylation sites is 2. The van der Waals surface area contributed by atoms with Gasteiger partial charge in [-0.15, -0.1) is 11.3 Å². The average molecular weight is 323 g/mol. The van der Waals surface area contributed by atoms with Gasteiger partial charge in [0.2, 0.25) is 5.95 Å². The number of thiophene rings is 1. The molecule has 4 rings (SSSR count). The number of amides is 1. The van der Waals surface area contributed by atoms with Gasteiger partial charge in [-0.2, -0.15) is 5.10 Å². The molecule has 0 bridgehead atoms. The van der Waals surface area contributed by atoms with Crippen LogP contribution in [-0.4, -0.2) is 25.7 Å². The smallest absolute Gasteiger partial charge is 0.278 e. The third-order valence-corrected chi connectivity index (χ3v) is 4.51. The Labute approximate surface area is 135 Å². The molecular formula is C16H13N5OS. The lowest BCUT2D eigenvalue weighted by molar-refractivity contribution is 0.102. The quantitative estimate of drug-likeness (QED) is 0.607. The van der Waals surface area contributed by atoms with Gasteiger partial charge in [0.1, 0.15) is 0 Å². The topological polar surface area (TPSA) is 75.6 Å². The van der Waals surface area contributed by atoms with E-state index in [9.17, 15) is 4.79 Å². The molecule has 0 saturated heterocycles. The predicted octanol–water partition coefficient (Wildman–Crippen LogP) is 3.28. The van der Waals surface area contributed by atoms with Crippen LogP contribution in [0.15, 0.2) is 47.8 Å². The fraction of sp³-hybridized carbons (Fsp3) is 0.0625. The second-order valence-corrected chi connectivity index (χ2v) is 6.03. The summed E-state index contributed by atoms with van der Waals surface area (Å²) < 4.78 is 1.85. The molecule has 1 aromatic carbocycles. The van der Waals surface area contributed by atoms with Gasteiger partial charge in [0.05, 0.1) is 21.6 Å². The van der Waals surface area contributed by atoms with Crippen LogP contribution in [0.25, 0.3) is 21.6 Å². The Morgan fingerprint density at radius 3 is 2.91 bits per heavy atom. The maximum Gasteiger partial charge on any atom is 0.278 e. The Morgan fingerprint density at radius 2 is 2.13 bits per heavy atom. The zero-order valence-electron chi connectivity index (χ0n) is 12.3. The van der Waals surface area contributed by atoms with Crippen LogP contribution in [0, 0.1) is 0 Å². The number of carbonyl (C=O) groups excluding carboxylic acids is 1. The average Bonchev–Trinajstić information content (AvgIpc) is 3.28. The maximum atomic E-state index is 12.4. The van der Waals surface area contributed by atoms with E-state index in [2.05, 4.69) is 20.5 Å². The molecule has 0 radical (unpaired) electrons. The number of carbonyl (C=O) groups is 1. The van der Waals surface area contributed by atoms with E-state index in [1.165, 1.54) is 0 Å². The molecule has 0 unspecified atom stereocenters. The number of benzene rings is 1. The highest BCUT2D eigenvalue weighted by molar-refractivity contribution is 7.13. The highest BCUT2D eigenvalue weighted by Gasteiger charge is 2.15. The highest BCUT2D eigenvalue weighted by atomic mass is 32.1. The summed E-state index contributed by atoms with van der Waals surface area (Å²) >= 11 is 1.59. The standard InChI is InChI=1S/C16H13N5OS/c1-21-13-6-3-2-5-10(13)17-16(21)18-15(22)12-9-11(19-20-12)14-7-4-8-23-14/h2-9H,1H3,(H,19,20)(H,17,18,22). The summed E-state index contributed by atoms with van der Waals surface area (Å²) in [6.45, 7) is 0. The molecule has 23 heavy (non-hydrogen) atoms. The summed E-state index contributed by atoms with van der Waals surface area (Å²) in [6, 6.07) is 13.4. The molecule has 2 N–H and O–H groups in total. The normalized spacial score (nSPS) is 11.0. The molecule has 0 saturated carbocycles. The summed E-state index contributed by atoms with van der Waals surface area (Å²) in [5.74, 6) is 0.208. The number of rotatable bonds is 3. The van der Waals surface area contributed by atoms with Gasteiger partial charge in [-0.3, -0.25) is 15.2 Å². The Kier molecular flexibility index (Phi) is 3.20. The largest absolute Gasteiger partial charge is 0.313 e. The zero-order valence-corrected chi connectivity index (χ0v) is 13.1. The number of anilines is 1. The van der Waals surface area contributed by atoms with Gasteiger partial charge in [-0.25, -0.2) is 4.98 Å². The van der Waals surface area contributed by atoms with E-state index in [-0.39, 0.29) is 5.91 Å². The molecular weight excluding hydrogens is 310 g/mol. The predicted molar refractivity (Wildman–Crippen MR) is 90.6 cm³/mol. The van der Waals surface area contributed by atoms with Gasteiger partial charge in [0.15, 0.2) is 5.69 Å². The summed E-state index contributed by atoms with van der Waals surface area (Å²) in [5, 5.41) is 11.8. The molecule has 114 valence electrons. The van der Waals surface area contributed by atoms with Crippen molar-refractivity contribution in [3.05, 3.63) is 53.5 Å². The molecule has 0 fully saturated rings. The lowest BCUT2D eigenvalue weighted by Gasteiger charge is -2.02. The van der Waals surface area contributed by atoms with Crippen LogP contribution in [0.5, 0.6) is 0 Å². The summed E-state index contributed by atoms with van der Waals surface area (Å²) in [6.07, 6.45) is 0. The van der Waals surface area contributed by atoms with Crippen molar-refractivity contribution < 1.29 is 4.79 Å². The number of imidazole rings is 1. The van der Waals surface area contributed by atoms with E-state index in [4.69, 9.17) is 0 Å². The second kappa shape index (κ2) is 5.36. The SMILES string of the molecule is Cn1c(NC(=O)c2cc(-c3cccs3)[nH]n2)nc2ccccc21. The van der Waals surface area contributed by atoms with Crippen LogP contribution in [0.1, 0.15) is 10.5 Å². The number of hydrogen-bond donors (Lipinski definition) is 2. The molecule has 0 aliphatic heterocycles. The van der Waals surface area contributed by atoms with E-state index in [0.717, 1.165) is 21.6 Å². The molecule has 7 heteroatoms. The highest BCUT2D eigenvalue weighted by Crippen LogP contribution is 2.23. The van der Waals surface area contributed by atoms with Crippen molar-refractivity contribution in [2.75, 3.05) is 5.32 Å². The number of hydrogen-bond acceptors (Lipinski definition) is 4. The third kappa shape index (κ3) is 2.40. The molecule has 1 amide bonds. The summed E-state index contributed by atoms with van der Waals surface area (Å²) in [5.41, 5.74) is 2.96. The zero-order chi connectivity index (χ0) is 15.8. The van der Waals surface area contributed by atoms with Gasteiger partial charge in [0.25, 0.3) is 5.91 Å². The van der Waals surface area contributed by atoms with Crippen LogP contribution in [0.2, 0.25) is 0 Å². The van der Waals surface area contributed by atoms with Crippen molar-refractivity contribution in [2.45, 2.75) is 0 Å². The Bertz CT molecular complexity index is 983. The van der Waals surface area contributed by atoms with Gasteiger partial charge < -0.3 is 4.57 Å². The Balaban J connectivity index is 1.61. The molecule has 4 aromatic rings. The number of aromatic nitrogens is 4. The number of aryl methyl sites for hydroxylation is 1. The first-order valence-corrected chi connectivity index (χ1v) is 7.92. The number of nitrogens with zero attached hydrogens (tertiary/aromatic N) is 3. The van der Waals surface area contributed by atoms with E-state index in [1.54, 1.807) is 17.4 Å². The van der Waals surface area contributed by atoms with Crippen LogP contribution < -0.4 is 5.32 Å². The monoisotopic (exact) mass is 323 g/mol. The summed E-state index contributed by atoms with van der Waals surface area (Å²) in [4.78, 5) is 17.9. The van der Waals surface area contributed by atoms with E-state index < -0.39 is 0 Å². The fourth-order valence-electron chi connectivity index (χ4n) is 2.42. The molecule has 0 atom stereocenters. The van der Waals surface area contributed by atoms with Crippen molar-refractivity contribution in [1.29, 1.82) is 0 Å². The number of fused-ring (bicyclic) bond motifs is 1. The third-order valence-electron chi connectivity index (χ3n) is 3.61. The first kappa shape index (κ1) is 13.7. The molecule has 3 heterocycles. The van der Waals surface area contributed by atoms with Crippen molar-refractivity contribution in [1.82, 2.24) is 19.7 Å². The minimum atomic E-state index is -0.289. The first-order chi connectivity index (χ1) is 11.2. The maximum absolute atomic E-state index is 12.4. The fourth-order valence-corrected chi connectivity index (χ4v) is 3.11.